The molecule has 1 aliphatic rings. The zero-order chi connectivity index (χ0) is 22.7. The van der Waals surface area contributed by atoms with E-state index in [4.69, 9.17) is 4.74 Å². The van der Waals surface area contributed by atoms with Gasteiger partial charge in [0.25, 0.3) is 11.7 Å². The number of carbonyl (C=O) groups is 2. The van der Waals surface area contributed by atoms with Crippen LogP contribution in [0.2, 0.25) is 0 Å². The van der Waals surface area contributed by atoms with Crippen LogP contribution in [0.3, 0.4) is 0 Å². The van der Waals surface area contributed by atoms with E-state index in [-0.39, 0.29) is 11.3 Å². The number of Topliss-reactive ketones (excluding diaryl/α,β-unsaturated/α-hetero) is 1. The molecule has 1 unspecified atom stereocenters. The third kappa shape index (κ3) is 4.02. The molecule has 1 aliphatic heterocycles. The fourth-order valence-electron chi connectivity index (χ4n) is 3.91. The van der Waals surface area contributed by atoms with E-state index in [0.717, 1.165) is 17.5 Å². The van der Waals surface area contributed by atoms with Crippen molar-refractivity contribution in [3.63, 3.8) is 0 Å². The summed E-state index contributed by atoms with van der Waals surface area (Å²) in [7, 11) is 0. The second kappa shape index (κ2) is 9.10. The first-order chi connectivity index (χ1) is 15.5. The summed E-state index contributed by atoms with van der Waals surface area (Å²) in [6.07, 6.45) is 0.890. The molecule has 0 saturated carbocycles. The van der Waals surface area contributed by atoms with Crippen LogP contribution in [0.4, 0.5) is 5.69 Å². The van der Waals surface area contributed by atoms with Gasteiger partial charge >= 0.3 is 0 Å². The van der Waals surface area contributed by atoms with Crippen molar-refractivity contribution < 1.29 is 19.4 Å². The van der Waals surface area contributed by atoms with Gasteiger partial charge < -0.3 is 9.84 Å². The Balaban J connectivity index is 1.84. The molecule has 0 spiro atoms. The van der Waals surface area contributed by atoms with Gasteiger partial charge in [-0.25, -0.2) is 0 Å². The molecule has 162 valence electrons. The molecule has 1 saturated heterocycles. The number of rotatable bonds is 6. The Kier molecular flexibility index (Phi) is 6.08. The standard InChI is InChI=1S/C27H25NO4/c1-3-16-32-22-14-12-20(13-15-22)25(29)23-24(19-9-5-4-6-10-19)28(27(31)26(23)30)21-11-7-8-18(2)17-21/h4-15,17,24,29H,3,16H2,1-2H3/b25-23+. The highest BCUT2D eigenvalue weighted by molar-refractivity contribution is 6.51. The molecule has 1 amide bonds. The van der Waals surface area contributed by atoms with Crippen molar-refractivity contribution in [2.45, 2.75) is 26.3 Å². The lowest BCUT2D eigenvalue weighted by Gasteiger charge is -2.25. The van der Waals surface area contributed by atoms with E-state index in [1.54, 1.807) is 30.3 Å². The molecule has 4 rings (SSSR count). The van der Waals surface area contributed by atoms with Crippen LogP contribution in [0.1, 0.15) is 36.1 Å². The predicted octanol–water partition coefficient (Wildman–Crippen LogP) is 5.41. The van der Waals surface area contributed by atoms with Gasteiger partial charge in [-0.05, 0) is 60.9 Å². The zero-order valence-electron chi connectivity index (χ0n) is 18.1. The Morgan fingerprint density at radius 3 is 2.34 bits per heavy atom. The Bertz CT molecular complexity index is 1170. The van der Waals surface area contributed by atoms with E-state index >= 15 is 0 Å². The molecule has 0 bridgehead atoms. The smallest absolute Gasteiger partial charge is 0.300 e. The first kappa shape index (κ1) is 21.4. The third-order valence-corrected chi connectivity index (χ3v) is 5.44. The van der Waals surface area contributed by atoms with Gasteiger partial charge in [-0.3, -0.25) is 14.5 Å². The molecule has 3 aromatic carbocycles. The molecule has 1 N–H and O–H groups in total. The van der Waals surface area contributed by atoms with E-state index in [1.807, 2.05) is 62.4 Å². The number of aliphatic hydroxyl groups excluding tert-OH is 1. The highest BCUT2D eigenvalue weighted by Gasteiger charge is 2.46. The highest BCUT2D eigenvalue weighted by Crippen LogP contribution is 2.42. The normalized spacial score (nSPS) is 17.6. The SMILES string of the molecule is CCCOc1ccc(/C(O)=C2\C(=O)C(=O)N(c3cccc(C)c3)C2c2ccccc2)cc1. The highest BCUT2D eigenvalue weighted by atomic mass is 16.5. The number of hydrogen-bond acceptors (Lipinski definition) is 4. The van der Waals surface area contributed by atoms with Crippen molar-refractivity contribution in [2.24, 2.45) is 0 Å². The topological polar surface area (TPSA) is 66.8 Å². The Morgan fingerprint density at radius 1 is 0.969 bits per heavy atom. The van der Waals surface area contributed by atoms with E-state index in [0.29, 0.717) is 23.6 Å². The molecular formula is C27H25NO4. The van der Waals surface area contributed by atoms with Gasteiger partial charge in [-0.1, -0.05) is 49.4 Å². The fourth-order valence-corrected chi connectivity index (χ4v) is 3.91. The van der Waals surface area contributed by atoms with E-state index in [9.17, 15) is 14.7 Å². The average molecular weight is 428 g/mol. The van der Waals surface area contributed by atoms with Crippen molar-refractivity contribution >= 4 is 23.1 Å². The Labute approximate surface area is 187 Å². The quantitative estimate of drug-likeness (QED) is 0.324. The van der Waals surface area contributed by atoms with Crippen LogP contribution in [-0.4, -0.2) is 23.4 Å². The molecular weight excluding hydrogens is 402 g/mol. The largest absolute Gasteiger partial charge is 0.507 e. The third-order valence-electron chi connectivity index (χ3n) is 5.44. The second-order valence-electron chi connectivity index (χ2n) is 7.79. The summed E-state index contributed by atoms with van der Waals surface area (Å²) in [5.74, 6) is -0.879. The second-order valence-corrected chi connectivity index (χ2v) is 7.79. The lowest BCUT2D eigenvalue weighted by atomic mass is 9.95. The molecule has 1 atom stereocenters. The van der Waals surface area contributed by atoms with Crippen molar-refractivity contribution in [2.75, 3.05) is 11.5 Å². The van der Waals surface area contributed by atoms with Crippen LogP contribution >= 0.6 is 0 Å². The van der Waals surface area contributed by atoms with Crippen LogP contribution in [0.5, 0.6) is 5.75 Å². The lowest BCUT2D eigenvalue weighted by Crippen LogP contribution is -2.29. The van der Waals surface area contributed by atoms with Crippen LogP contribution < -0.4 is 9.64 Å². The minimum Gasteiger partial charge on any atom is -0.507 e. The molecule has 5 heteroatoms. The Morgan fingerprint density at radius 2 is 1.69 bits per heavy atom. The van der Waals surface area contributed by atoms with Crippen molar-refractivity contribution in [1.82, 2.24) is 0 Å². The number of amides is 1. The van der Waals surface area contributed by atoms with Crippen molar-refractivity contribution in [3.05, 3.63) is 101 Å². The number of aliphatic hydroxyl groups is 1. The van der Waals surface area contributed by atoms with Gasteiger partial charge in [0.2, 0.25) is 0 Å². The van der Waals surface area contributed by atoms with Crippen LogP contribution in [0, 0.1) is 6.92 Å². The maximum Gasteiger partial charge on any atom is 0.300 e. The molecule has 1 fully saturated rings. The maximum absolute atomic E-state index is 13.1. The van der Waals surface area contributed by atoms with Crippen LogP contribution in [0.15, 0.2) is 84.4 Å². The van der Waals surface area contributed by atoms with Crippen LogP contribution in [0.25, 0.3) is 5.76 Å². The number of aryl methyl sites for hydroxylation is 1. The Hall–Kier alpha value is -3.86. The zero-order valence-corrected chi connectivity index (χ0v) is 18.1. The summed E-state index contributed by atoms with van der Waals surface area (Å²) < 4.78 is 5.60. The van der Waals surface area contributed by atoms with Gasteiger partial charge in [-0.2, -0.15) is 0 Å². The predicted molar refractivity (Wildman–Crippen MR) is 125 cm³/mol. The van der Waals surface area contributed by atoms with Gasteiger partial charge in [0.05, 0.1) is 18.2 Å². The summed E-state index contributed by atoms with van der Waals surface area (Å²) >= 11 is 0. The fraction of sp³-hybridized carbons (Fsp3) is 0.185. The first-order valence-corrected chi connectivity index (χ1v) is 10.7. The van der Waals surface area contributed by atoms with Crippen LogP contribution in [-0.2, 0) is 9.59 Å². The van der Waals surface area contributed by atoms with Gasteiger partial charge in [-0.15, -0.1) is 0 Å². The number of carbonyl (C=O) groups excluding carboxylic acids is 2. The summed E-state index contributed by atoms with van der Waals surface area (Å²) in [5.41, 5.74) is 2.86. The number of nitrogens with zero attached hydrogens (tertiary/aromatic N) is 1. The molecule has 0 aromatic heterocycles. The van der Waals surface area contributed by atoms with E-state index < -0.39 is 17.7 Å². The summed E-state index contributed by atoms with van der Waals surface area (Å²) in [4.78, 5) is 27.7. The van der Waals surface area contributed by atoms with E-state index in [2.05, 4.69) is 0 Å². The summed E-state index contributed by atoms with van der Waals surface area (Å²) in [6.45, 7) is 4.55. The molecule has 32 heavy (non-hydrogen) atoms. The average Bonchev–Trinajstić information content (AvgIpc) is 3.08. The lowest BCUT2D eigenvalue weighted by molar-refractivity contribution is -0.132. The summed E-state index contributed by atoms with van der Waals surface area (Å²) in [5, 5.41) is 11.2. The number of hydrogen-bond donors (Lipinski definition) is 1. The van der Waals surface area contributed by atoms with Gasteiger partial charge in [0, 0.05) is 11.3 Å². The minimum atomic E-state index is -0.728. The number of ether oxygens (including phenoxy) is 1. The number of anilines is 1. The van der Waals surface area contributed by atoms with E-state index in [1.165, 1.54) is 4.90 Å². The van der Waals surface area contributed by atoms with Gasteiger partial charge in [0.1, 0.15) is 11.5 Å². The number of benzene rings is 3. The van der Waals surface area contributed by atoms with Crippen molar-refractivity contribution in [3.8, 4) is 5.75 Å². The molecule has 0 aliphatic carbocycles. The molecule has 5 nitrogen and oxygen atoms in total. The summed E-state index contributed by atoms with van der Waals surface area (Å²) in [6, 6.07) is 22.9. The molecule has 0 radical (unpaired) electrons. The maximum atomic E-state index is 13.1. The first-order valence-electron chi connectivity index (χ1n) is 10.7. The molecule has 3 aromatic rings. The minimum absolute atomic E-state index is 0.0740. The number of ketones is 1. The monoisotopic (exact) mass is 427 g/mol. The molecule has 1 heterocycles. The van der Waals surface area contributed by atoms with Gasteiger partial charge in [0.15, 0.2) is 0 Å². The van der Waals surface area contributed by atoms with Crippen molar-refractivity contribution in [1.29, 1.82) is 0 Å².